The molecule has 0 saturated heterocycles. The number of rotatable bonds is 6. The molecule has 0 aromatic rings. The van der Waals surface area contributed by atoms with E-state index < -0.39 is 49.5 Å². The van der Waals surface area contributed by atoms with Crippen LogP contribution in [-0.4, -0.2) is 29.1 Å². The van der Waals surface area contributed by atoms with Gasteiger partial charge >= 0.3 is 5.97 Å². The van der Waals surface area contributed by atoms with Crippen LogP contribution in [0.4, 0.5) is 0 Å². The molecule has 0 heterocycles. The van der Waals surface area contributed by atoms with E-state index in [1.54, 1.807) is 6.92 Å². The molecule has 6 nitrogen and oxygen atoms in total. The Labute approximate surface area is 102 Å². The predicted octanol–water partition coefficient (Wildman–Crippen LogP) is -0.202. The predicted molar refractivity (Wildman–Crippen MR) is 62.6 cm³/mol. The second kappa shape index (κ2) is 10.4. The minimum atomic E-state index is -1.43. The van der Waals surface area contributed by atoms with Crippen molar-refractivity contribution in [3.8, 4) is 0 Å². The van der Waals surface area contributed by atoms with Crippen LogP contribution < -0.4 is 17.2 Å². The average molecular weight is 237 g/mol. The maximum atomic E-state index is 10.3. The van der Waals surface area contributed by atoms with Crippen LogP contribution in [-0.2, 0) is 9.59 Å². The molecule has 0 spiro atoms. The maximum absolute atomic E-state index is 10.3. The Kier molecular flexibility index (Phi) is 6.52. The smallest absolute Gasteiger partial charge is 0.303 e. The number of nitrogens with two attached hydrogens (primary N) is 3. The van der Waals surface area contributed by atoms with E-state index in [4.69, 9.17) is 27.8 Å². The molecule has 96 valence electrons. The molecule has 0 saturated carbocycles. The third-order valence-electron chi connectivity index (χ3n) is 1.11. The summed E-state index contributed by atoms with van der Waals surface area (Å²) in [6, 6.07) is -1.06. The van der Waals surface area contributed by atoms with Crippen LogP contribution in [0.2, 0.25) is 0 Å². The molecule has 16 heavy (non-hydrogen) atoms. The van der Waals surface area contributed by atoms with E-state index in [9.17, 15) is 9.59 Å². The Morgan fingerprint density at radius 2 is 1.56 bits per heavy atom. The van der Waals surface area contributed by atoms with Crippen molar-refractivity contribution < 1.29 is 20.2 Å². The van der Waals surface area contributed by atoms with E-state index in [1.807, 2.05) is 0 Å². The zero-order valence-corrected chi connectivity index (χ0v) is 9.46. The van der Waals surface area contributed by atoms with Crippen molar-refractivity contribution in [3.63, 3.8) is 0 Å². The highest BCUT2D eigenvalue weighted by Gasteiger charge is 1.98. The van der Waals surface area contributed by atoms with Gasteiger partial charge in [-0.25, -0.2) is 0 Å². The largest absolute Gasteiger partial charge is 0.481 e. The molecule has 0 aromatic carbocycles. The molecule has 0 aromatic heterocycles. The topological polar surface area (TPSA) is 132 Å². The lowest BCUT2D eigenvalue weighted by Crippen LogP contribution is -2.19. The monoisotopic (exact) mass is 237 g/mol. The van der Waals surface area contributed by atoms with Crippen molar-refractivity contribution in [1.29, 1.82) is 0 Å². The van der Waals surface area contributed by atoms with Gasteiger partial charge in [0.1, 0.15) is 0 Å². The highest BCUT2D eigenvalue weighted by atomic mass is 16.4. The highest BCUT2D eigenvalue weighted by molar-refractivity contribution is 5.73. The van der Waals surface area contributed by atoms with Crippen molar-refractivity contribution in [1.82, 2.24) is 0 Å². The summed E-state index contributed by atoms with van der Waals surface area (Å²) in [4.78, 5) is 20.4. The van der Waals surface area contributed by atoms with Gasteiger partial charge in [0, 0.05) is 30.4 Å². The fraction of sp³-hybridized carbons (Fsp3) is 0.800. The van der Waals surface area contributed by atoms with E-state index in [-0.39, 0.29) is 0 Å². The molecule has 6 atom stereocenters. The van der Waals surface area contributed by atoms with E-state index in [2.05, 4.69) is 0 Å². The summed E-state index contributed by atoms with van der Waals surface area (Å²) in [5, 5.41) is 8.24. The van der Waals surface area contributed by atoms with Crippen molar-refractivity contribution in [2.24, 2.45) is 17.2 Å². The van der Waals surface area contributed by atoms with E-state index in [0.29, 0.717) is 0 Å². The van der Waals surface area contributed by atoms with Crippen molar-refractivity contribution in [2.45, 2.75) is 51.5 Å². The molecule has 0 fully saturated rings. The fourth-order valence-electron chi connectivity index (χ4n) is 0.481. The molecule has 0 radical (unpaired) electrons. The van der Waals surface area contributed by atoms with Crippen LogP contribution in [0.15, 0.2) is 0 Å². The van der Waals surface area contributed by atoms with Crippen molar-refractivity contribution >= 4 is 11.9 Å². The number of hydrogen-bond acceptors (Lipinski definition) is 4. The zero-order valence-electron chi connectivity index (χ0n) is 13.5. The van der Waals surface area contributed by atoms with Crippen LogP contribution in [0, 0.1) is 0 Å². The van der Waals surface area contributed by atoms with E-state index >= 15 is 0 Å². The number of carbonyl (C=O) groups excluding carboxylic acids is 1. The Morgan fingerprint density at radius 3 is 1.69 bits per heavy atom. The molecule has 1 amide bonds. The summed E-state index contributed by atoms with van der Waals surface area (Å²) < 4.78 is 28.1. The quantitative estimate of drug-likeness (QED) is 0.507. The van der Waals surface area contributed by atoms with Gasteiger partial charge in [0.2, 0.25) is 5.91 Å². The van der Waals surface area contributed by atoms with Crippen LogP contribution in [0.3, 0.4) is 0 Å². The number of amides is 1. The molecule has 0 aliphatic carbocycles. The minimum Gasteiger partial charge on any atom is -0.481 e. The number of aliphatic carboxylic acids is 1. The normalized spacial score (nSPS) is 24.8. The van der Waals surface area contributed by atoms with Crippen LogP contribution >= 0.6 is 0 Å². The van der Waals surface area contributed by atoms with Crippen molar-refractivity contribution in [3.05, 3.63) is 0 Å². The SMILES string of the molecule is [2H][C@H]([C@H]([2H])C(=O)O)[C@@H](C)N.[2H][C@H]([C@H]([2H])C(N)=O)[C@@H](C)N. The summed E-state index contributed by atoms with van der Waals surface area (Å²) in [6.45, 7) is 3.09. The molecule has 0 rings (SSSR count). The number of hydrogen-bond donors (Lipinski definition) is 4. The van der Waals surface area contributed by atoms with Crippen molar-refractivity contribution in [2.75, 3.05) is 0 Å². The van der Waals surface area contributed by atoms with Gasteiger partial charge in [-0.05, 0) is 26.6 Å². The molecular formula is C10H23N3O3. The summed E-state index contributed by atoms with van der Waals surface area (Å²) in [5.41, 5.74) is 15.2. The molecular weight excluding hydrogens is 210 g/mol. The lowest BCUT2D eigenvalue weighted by atomic mass is 10.2. The Hall–Kier alpha value is -1.14. The Balaban J connectivity index is 0. The van der Waals surface area contributed by atoms with Crippen LogP contribution in [0.5, 0.6) is 0 Å². The Bertz CT molecular complexity index is 288. The lowest BCUT2D eigenvalue weighted by Gasteiger charge is -1.99. The number of primary amides is 1. The van der Waals surface area contributed by atoms with Gasteiger partial charge in [-0.1, -0.05) is 0 Å². The van der Waals surface area contributed by atoms with Gasteiger partial charge < -0.3 is 22.3 Å². The first-order valence-electron chi connectivity index (χ1n) is 6.96. The van der Waals surface area contributed by atoms with E-state index in [1.165, 1.54) is 6.92 Å². The van der Waals surface area contributed by atoms with E-state index in [0.717, 1.165) is 0 Å². The Morgan fingerprint density at radius 1 is 1.19 bits per heavy atom. The van der Waals surface area contributed by atoms with Gasteiger partial charge in [-0.3, -0.25) is 9.59 Å². The summed E-state index contributed by atoms with van der Waals surface area (Å²) >= 11 is 0. The van der Waals surface area contributed by atoms with Crippen LogP contribution in [0.25, 0.3) is 0 Å². The molecule has 6 heteroatoms. The zero-order chi connectivity index (χ0) is 16.6. The third kappa shape index (κ3) is 23.0. The highest BCUT2D eigenvalue weighted by Crippen LogP contribution is 1.91. The number of carbonyl (C=O) groups is 2. The third-order valence-corrected chi connectivity index (χ3v) is 1.11. The summed E-state index contributed by atoms with van der Waals surface area (Å²) in [5.74, 6) is -2.09. The minimum absolute atomic E-state index is 0.491. The van der Waals surface area contributed by atoms with Crippen LogP contribution in [0.1, 0.15) is 44.9 Å². The first-order valence-corrected chi connectivity index (χ1v) is 4.65. The first kappa shape index (κ1) is 10.0. The second-order valence-corrected chi connectivity index (χ2v) is 3.18. The number of carboxylic acids is 1. The molecule has 0 aliphatic rings. The molecule has 0 aliphatic heterocycles. The molecule has 0 bridgehead atoms. The molecule has 0 unspecified atom stereocenters. The van der Waals surface area contributed by atoms with Gasteiger partial charge in [0.15, 0.2) is 0 Å². The van der Waals surface area contributed by atoms with Gasteiger partial charge in [0.05, 0.1) is 0 Å². The average Bonchev–Trinajstić information content (AvgIpc) is 2.35. The van der Waals surface area contributed by atoms with Gasteiger partial charge in [-0.2, -0.15) is 0 Å². The molecule has 7 N–H and O–H groups in total. The van der Waals surface area contributed by atoms with Gasteiger partial charge in [0.25, 0.3) is 0 Å². The number of carboxylic acid groups (broad SMARTS) is 1. The van der Waals surface area contributed by atoms with Gasteiger partial charge in [-0.15, -0.1) is 0 Å². The summed E-state index contributed by atoms with van der Waals surface area (Å²) in [7, 11) is 0. The standard InChI is InChI=1S/C5H12N2O.C5H11NO2/c2*1-4(6)2-3-5(7)8/h4H,2-3,6H2,1H3,(H2,7,8);4H,2-3,6H2,1H3,(H,7,8)/t2*4-/m11/s1/i2*2D,3D/t2*2-,3+,4-. The maximum Gasteiger partial charge on any atom is 0.303 e. The first-order chi connectivity index (χ1) is 8.93. The summed E-state index contributed by atoms with van der Waals surface area (Å²) in [6.07, 6.45) is -4.60. The fourth-order valence-corrected chi connectivity index (χ4v) is 0.481. The lowest BCUT2D eigenvalue weighted by molar-refractivity contribution is -0.137. The second-order valence-electron chi connectivity index (χ2n) is 3.18.